The van der Waals surface area contributed by atoms with Crippen molar-refractivity contribution in [3.63, 3.8) is 0 Å². The number of primary amides is 1. The summed E-state index contributed by atoms with van der Waals surface area (Å²) < 4.78 is 0. The van der Waals surface area contributed by atoms with Crippen LogP contribution in [0.25, 0.3) is 0 Å². The van der Waals surface area contributed by atoms with E-state index >= 15 is 0 Å². The molecule has 4 nitrogen and oxygen atoms in total. The van der Waals surface area contributed by atoms with Crippen LogP contribution in [-0.4, -0.2) is 24.5 Å². The van der Waals surface area contributed by atoms with Gasteiger partial charge in [-0.05, 0) is 56.3 Å². The Morgan fingerprint density at radius 2 is 2.15 bits per heavy atom. The SMILES string of the molecule is NC(=O)c1cccc(NC2CCCC2C2CCCN2)c1. The van der Waals surface area contributed by atoms with Gasteiger partial charge in [0.05, 0.1) is 0 Å². The molecule has 2 fully saturated rings. The van der Waals surface area contributed by atoms with Gasteiger partial charge in [0.1, 0.15) is 0 Å². The number of amides is 1. The molecular weight excluding hydrogens is 250 g/mol. The van der Waals surface area contributed by atoms with Gasteiger partial charge in [0.2, 0.25) is 5.91 Å². The van der Waals surface area contributed by atoms with Gasteiger partial charge in [-0.2, -0.15) is 0 Å². The van der Waals surface area contributed by atoms with Crippen LogP contribution < -0.4 is 16.4 Å². The Hall–Kier alpha value is -1.55. The fourth-order valence-corrected chi connectivity index (χ4v) is 3.70. The fourth-order valence-electron chi connectivity index (χ4n) is 3.70. The number of carbonyl (C=O) groups is 1. The molecular formula is C16H23N3O. The van der Waals surface area contributed by atoms with Crippen molar-refractivity contribution < 1.29 is 4.79 Å². The van der Waals surface area contributed by atoms with Crippen LogP contribution in [0.5, 0.6) is 0 Å². The van der Waals surface area contributed by atoms with Crippen LogP contribution >= 0.6 is 0 Å². The Morgan fingerprint density at radius 1 is 1.25 bits per heavy atom. The van der Waals surface area contributed by atoms with Crippen molar-refractivity contribution in [2.24, 2.45) is 11.7 Å². The molecule has 3 rings (SSSR count). The molecule has 1 amide bonds. The minimum atomic E-state index is -0.367. The minimum Gasteiger partial charge on any atom is -0.382 e. The smallest absolute Gasteiger partial charge is 0.248 e. The van der Waals surface area contributed by atoms with Gasteiger partial charge in [0, 0.05) is 23.3 Å². The van der Waals surface area contributed by atoms with E-state index in [9.17, 15) is 4.79 Å². The standard InChI is InChI=1S/C16H23N3O/c17-16(20)11-4-1-5-12(10-11)19-15-7-2-6-13(15)14-8-3-9-18-14/h1,4-5,10,13-15,18-19H,2-3,6-9H2,(H2,17,20). The third kappa shape index (κ3) is 2.80. The van der Waals surface area contributed by atoms with Crippen LogP contribution in [0, 0.1) is 5.92 Å². The first-order valence-electron chi connectivity index (χ1n) is 7.64. The first-order chi connectivity index (χ1) is 9.74. The highest BCUT2D eigenvalue weighted by Crippen LogP contribution is 2.34. The van der Waals surface area contributed by atoms with Gasteiger partial charge < -0.3 is 16.4 Å². The van der Waals surface area contributed by atoms with Gasteiger partial charge >= 0.3 is 0 Å². The molecule has 0 bridgehead atoms. The Kier molecular flexibility index (Phi) is 3.92. The molecule has 4 N–H and O–H groups in total. The third-order valence-electron chi connectivity index (χ3n) is 4.68. The molecule has 1 heterocycles. The number of hydrogen-bond donors (Lipinski definition) is 3. The molecule has 1 saturated heterocycles. The second-order valence-corrected chi connectivity index (χ2v) is 5.99. The summed E-state index contributed by atoms with van der Waals surface area (Å²) in [5.74, 6) is 0.337. The quantitative estimate of drug-likeness (QED) is 0.787. The van der Waals surface area contributed by atoms with E-state index in [1.165, 1.54) is 32.1 Å². The summed E-state index contributed by atoms with van der Waals surface area (Å²) in [7, 11) is 0. The van der Waals surface area contributed by atoms with Gasteiger partial charge in [-0.3, -0.25) is 4.79 Å². The van der Waals surface area contributed by atoms with E-state index in [2.05, 4.69) is 10.6 Å². The van der Waals surface area contributed by atoms with Gasteiger partial charge in [0.15, 0.2) is 0 Å². The van der Waals surface area contributed by atoms with E-state index < -0.39 is 0 Å². The maximum atomic E-state index is 11.2. The van der Waals surface area contributed by atoms with E-state index in [4.69, 9.17) is 5.73 Å². The van der Waals surface area contributed by atoms with Crippen molar-refractivity contribution in [2.75, 3.05) is 11.9 Å². The van der Waals surface area contributed by atoms with Crippen molar-refractivity contribution in [1.29, 1.82) is 0 Å². The van der Waals surface area contributed by atoms with Crippen molar-refractivity contribution in [1.82, 2.24) is 5.32 Å². The lowest BCUT2D eigenvalue weighted by atomic mass is 9.93. The molecule has 108 valence electrons. The average molecular weight is 273 g/mol. The maximum absolute atomic E-state index is 11.2. The van der Waals surface area contributed by atoms with Crippen LogP contribution in [0.2, 0.25) is 0 Å². The topological polar surface area (TPSA) is 67.2 Å². The zero-order valence-corrected chi connectivity index (χ0v) is 11.8. The number of benzene rings is 1. The molecule has 0 radical (unpaired) electrons. The monoisotopic (exact) mass is 273 g/mol. The number of nitrogens with two attached hydrogens (primary N) is 1. The number of anilines is 1. The van der Waals surface area contributed by atoms with Crippen molar-refractivity contribution >= 4 is 11.6 Å². The van der Waals surface area contributed by atoms with Crippen molar-refractivity contribution in [3.8, 4) is 0 Å². The van der Waals surface area contributed by atoms with Crippen LogP contribution in [0.4, 0.5) is 5.69 Å². The summed E-state index contributed by atoms with van der Waals surface area (Å²) in [4.78, 5) is 11.2. The summed E-state index contributed by atoms with van der Waals surface area (Å²) in [5, 5.41) is 7.25. The highest BCUT2D eigenvalue weighted by atomic mass is 16.1. The summed E-state index contributed by atoms with van der Waals surface area (Å²) in [6.07, 6.45) is 6.39. The first kappa shape index (κ1) is 13.4. The molecule has 1 aromatic carbocycles. The first-order valence-corrected chi connectivity index (χ1v) is 7.64. The van der Waals surface area contributed by atoms with E-state index in [1.807, 2.05) is 18.2 Å². The third-order valence-corrected chi connectivity index (χ3v) is 4.68. The number of hydrogen-bond acceptors (Lipinski definition) is 3. The van der Waals surface area contributed by atoms with Gasteiger partial charge in [0.25, 0.3) is 0 Å². The molecule has 1 aliphatic carbocycles. The molecule has 0 aromatic heterocycles. The normalized spacial score (nSPS) is 29.5. The minimum absolute atomic E-state index is 0.367. The summed E-state index contributed by atoms with van der Waals surface area (Å²) in [6, 6.07) is 8.70. The highest BCUT2D eigenvalue weighted by molar-refractivity contribution is 5.93. The summed E-state index contributed by atoms with van der Waals surface area (Å²) in [5.41, 5.74) is 6.92. The number of nitrogens with one attached hydrogen (secondary N) is 2. The molecule has 3 atom stereocenters. The molecule has 1 aliphatic heterocycles. The number of carbonyl (C=O) groups excluding carboxylic acids is 1. The molecule has 20 heavy (non-hydrogen) atoms. The maximum Gasteiger partial charge on any atom is 0.248 e. The Bertz CT molecular complexity index is 482. The average Bonchev–Trinajstić information content (AvgIpc) is 3.09. The van der Waals surface area contributed by atoms with Gasteiger partial charge in [-0.1, -0.05) is 12.5 Å². The van der Waals surface area contributed by atoms with E-state index in [-0.39, 0.29) is 5.91 Å². The van der Waals surface area contributed by atoms with E-state index in [1.54, 1.807) is 6.07 Å². The van der Waals surface area contributed by atoms with Crippen LogP contribution in [0.1, 0.15) is 42.5 Å². The Morgan fingerprint density at radius 3 is 2.90 bits per heavy atom. The van der Waals surface area contributed by atoms with Crippen LogP contribution in [0.15, 0.2) is 24.3 Å². The van der Waals surface area contributed by atoms with Crippen LogP contribution in [0.3, 0.4) is 0 Å². The molecule has 4 heteroatoms. The zero-order chi connectivity index (χ0) is 13.9. The molecule has 0 spiro atoms. The molecule has 2 aliphatic rings. The lowest BCUT2D eigenvalue weighted by Gasteiger charge is -2.27. The fraction of sp³-hybridized carbons (Fsp3) is 0.562. The predicted molar refractivity (Wildman–Crippen MR) is 80.7 cm³/mol. The van der Waals surface area contributed by atoms with Crippen LogP contribution in [-0.2, 0) is 0 Å². The predicted octanol–water partition coefficient (Wildman–Crippen LogP) is 2.12. The summed E-state index contributed by atoms with van der Waals surface area (Å²) in [6.45, 7) is 1.16. The highest BCUT2D eigenvalue weighted by Gasteiger charge is 2.34. The lowest BCUT2D eigenvalue weighted by molar-refractivity contribution is 0.100. The second-order valence-electron chi connectivity index (χ2n) is 5.99. The van der Waals surface area contributed by atoms with Gasteiger partial charge in [-0.15, -0.1) is 0 Å². The zero-order valence-electron chi connectivity index (χ0n) is 11.8. The summed E-state index contributed by atoms with van der Waals surface area (Å²) >= 11 is 0. The molecule has 3 unspecified atom stereocenters. The molecule has 1 aromatic rings. The van der Waals surface area contributed by atoms with Gasteiger partial charge in [-0.25, -0.2) is 0 Å². The number of rotatable bonds is 4. The van der Waals surface area contributed by atoms with Crippen molar-refractivity contribution in [2.45, 2.75) is 44.2 Å². The van der Waals surface area contributed by atoms with E-state index in [0.29, 0.717) is 23.6 Å². The van der Waals surface area contributed by atoms with E-state index in [0.717, 1.165) is 12.2 Å². The molecule has 1 saturated carbocycles. The van der Waals surface area contributed by atoms with Crippen molar-refractivity contribution in [3.05, 3.63) is 29.8 Å². The lowest BCUT2D eigenvalue weighted by Crippen LogP contribution is -2.38. The second kappa shape index (κ2) is 5.83. The Balaban J connectivity index is 1.69. The largest absolute Gasteiger partial charge is 0.382 e. The Labute approximate surface area is 120 Å².